The smallest absolute Gasteiger partial charge is 0.239 e. The lowest BCUT2D eigenvalue weighted by Gasteiger charge is -2.38. The van der Waals surface area contributed by atoms with E-state index in [0.717, 1.165) is 32.0 Å². The minimum absolute atomic E-state index is 0. The van der Waals surface area contributed by atoms with Crippen molar-refractivity contribution in [2.75, 3.05) is 32.7 Å². The van der Waals surface area contributed by atoms with Gasteiger partial charge in [-0.2, -0.15) is 0 Å². The third-order valence-corrected chi connectivity index (χ3v) is 4.61. The van der Waals surface area contributed by atoms with Gasteiger partial charge in [0.15, 0.2) is 0 Å². The fraction of sp³-hybridized carbons (Fsp3) is 0.933. The van der Waals surface area contributed by atoms with Gasteiger partial charge in [-0.3, -0.25) is 4.79 Å². The molecule has 2 unspecified atom stereocenters. The number of carbonyl (C=O) groups is 1. The molecule has 2 heterocycles. The van der Waals surface area contributed by atoms with E-state index in [4.69, 9.17) is 5.73 Å². The number of hydrogen-bond acceptors (Lipinski definition) is 3. The van der Waals surface area contributed by atoms with Crippen molar-refractivity contribution in [1.29, 1.82) is 0 Å². The second-order valence-electron chi connectivity index (χ2n) is 6.56. The van der Waals surface area contributed by atoms with Crippen molar-refractivity contribution in [3.05, 3.63) is 0 Å². The summed E-state index contributed by atoms with van der Waals surface area (Å²) in [4.78, 5) is 16.5. The molecule has 0 saturated carbocycles. The van der Waals surface area contributed by atoms with Crippen molar-refractivity contribution in [3.8, 4) is 0 Å². The minimum Gasteiger partial charge on any atom is -0.341 e. The lowest BCUT2D eigenvalue weighted by atomic mass is 9.94. The zero-order valence-electron chi connectivity index (χ0n) is 12.9. The number of piperidine rings is 2. The van der Waals surface area contributed by atoms with Crippen molar-refractivity contribution >= 4 is 18.3 Å². The Kier molecular flexibility index (Phi) is 7.27. The van der Waals surface area contributed by atoms with Crippen LogP contribution in [0.4, 0.5) is 0 Å². The molecule has 20 heavy (non-hydrogen) atoms. The Labute approximate surface area is 129 Å². The summed E-state index contributed by atoms with van der Waals surface area (Å²) in [6.07, 6.45) is 5.05. The standard InChI is InChI=1S/C15H29N3O.ClH/c1-12-5-8-17(9-6-12)10-14-4-3-7-18(11-14)15(19)13(2)16;/h12-14H,3-11,16H2,1-2H3;1H. The van der Waals surface area contributed by atoms with Crippen LogP contribution in [-0.4, -0.2) is 54.5 Å². The minimum atomic E-state index is -0.352. The molecule has 2 fully saturated rings. The summed E-state index contributed by atoms with van der Waals surface area (Å²) in [5.74, 6) is 1.65. The van der Waals surface area contributed by atoms with Crippen LogP contribution in [0.1, 0.15) is 39.5 Å². The Morgan fingerprint density at radius 2 is 1.90 bits per heavy atom. The van der Waals surface area contributed by atoms with Gasteiger partial charge in [-0.1, -0.05) is 6.92 Å². The highest BCUT2D eigenvalue weighted by Crippen LogP contribution is 2.22. The van der Waals surface area contributed by atoms with E-state index in [1.165, 1.54) is 32.4 Å². The van der Waals surface area contributed by atoms with E-state index >= 15 is 0 Å². The average Bonchev–Trinajstić information content (AvgIpc) is 2.41. The molecule has 2 atom stereocenters. The third kappa shape index (κ3) is 4.90. The van der Waals surface area contributed by atoms with Crippen LogP contribution < -0.4 is 5.73 Å². The van der Waals surface area contributed by atoms with Crippen molar-refractivity contribution in [3.63, 3.8) is 0 Å². The molecule has 2 N–H and O–H groups in total. The monoisotopic (exact) mass is 303 g/mol. The maximum atomic E-state index is 12.0. The van der Waals surface area contributed by atoms with Gasteiger partial charge in [-0.15, -0.1) is 12.4 Å². The van der Waals surface area contributed by atoms with E-state index in [9.17, 15) is 4.79 Å². The molecule has 0 aromatic heterocycles. The molecule has 0 aromatic carbocycles. The molecule has 1 amide bonds. The van der Waals surface area contributed by atoms with Gasteiger partial charge in [-0.25, -0.2) is 0 Å². The Morgan fingerprint density at radius 1 is 1.25 bits per heavy atom. The van der Waals surface area contributed by atoms with Crippen LogP contribution in [0.15, 0.2) is 0 Å². The number of likely N-dealkylation sites (tertiary alicyclic amines) is 2. The highest BCUT2D eigenvalue weighted by Gasteiger charge is 2.27. The number of nitrogens with zero attached hydrogens (tertiary/aromatic N) is 2. The molecule has 4 nitrogen and oxygen atoms in total. The molecule has 0 aliphatic carbocycles. The largest absolute Gasteiger partial charge is 0.341 e. The topological polar surface area (TPSA) is 49.6 Å². The van der Waals surface area contributed by atoms with E-state index in [1.54, 1.807) is 6.92 Å². The number of amides is 1. The van der Waals surface area contributed by atoms with Gasteiger partial charge in [0.25, 0.3) is 0 Å². The van der Waals surface area contributed by atoms with E-state index in [0.29, 0.717) is 5.92 Å². The summed E-state index contributed by atoms with van der Waals surface area (Å²) in [6, 6.07) is -0.352. The van der Waals surface area contributed by atoms with Gasteiger partial charge in [0.2, 0.25) is 5.91 Å². The number of carbonyl (C=O) groups excluding carboxylic acids is 1. The lowest BCUT2D eigenvalue weighted by molar-refractivity contribution is -0.134. The fourth-order valence-corrected chi connectivity index (χ4v) is 3.31. The highest BCUT2D eigenvalue weighted by atomic mass is 35.5. The van der Waals surface area contributed by atoms with Crippen molar-refractivity contribution in [2.45, 2.75) is 45.6 Å². The zero-order valence-corrected chi connectivity index (χ0v) is 13.7. The SMILES string of the molecule is CC1CCN(CC2CCCN(C(=O)C(C)N)C2)CC1.Cl. The summed E-state index contributed by atoms with van der Waals surface area (Å²) >= 11 is 0. The van der Waals surface area contributed by atoms with Crippen LogP contribution in [0.25, 0.3) is 0 Å². The quantitative estimate of drug-likeness (QED) is 0.864. The van der Waals surface area contributed by atoms with Crippen LogP contribution in [-0.2, 0) is 4.79 Å². The van der Waals surface area contributed by atoms with E-state index < -0.39 is 0 Å². The molecule has 2 aliphatic heterocycles. The molecule has 2 aliphatic rings. The van der Waals surface area contributed by atoms with Crippen molar-refractivity contribution in [2.24, 2.45) is 17.6 Å². The summed E-state index contributed by atoms with van der Waals surface area (Å²) in [5.41, 5.74) is 5.71. The van der Waals surface area contributed by atoms with Gasteiger partial charge in [0, 0.05) is 19.6 Å². The Bertz CT molecular complexity index is 303. The first-order valence-electron chi connectivity index (χ1n) is 7.83. The summed E-state index contributed by atoms with van der Waals surface area (Å²) in [6.45, 7) is 9.58. The normalized spacial score (nSPS) is 26.9. The van der Waals surface area contributed by atoms with Crippen LogP contribution in [0.2, 0.25) is 0 Å². The second-order valence-corrected chi connectivity index (χ2v) is 6.56. The van der Waals surface area contributed by atoms with Gasteiger partial charge < -0.3 is 15.5 Å². The molecule has 2 saturated heterocycles. The Hall–Kier alpha value is -0.320. The molecule has 2 rings (SSSR count). The Balaban J connectivity index is 0.00000200. The zero-order chi connectivity index (χ0) is 13.8. The van der Waals surface area contributed by atoms with E-state index in [-0.39, 0.29) is 24.4 Å². The first kappa shape index (κ1) is 17.7. The van der Waals surface area contributed by atoms with Gasteiger partial charge in [0.05, 0.1) is 6.04 Å². The van der Waals surface area contributed by atoms with Gasteiger partial charge >= 0.3 is 0 Å². The summed E-state index contributed by atoms with van der Waals surface area (Å²) in [5, 5.41) is 0. The van der Waals surface area contributed by atoms with Crippen LogP contribution in [0.3, 0.4) is 0 Å². The van der Waals surface area contributed by atoms with Gasteiger partial charge in [-0.05, 0) is 57.5 Å². The second kappa shape index (κ2) is 8.20. The number of nitrogens with two attached hydrogens (primary N) is 1. The Morgan fingerprint density at radius 3 is 2.50 bits per heavy atom. The summed E-state index contributed by atoms with van der Waals surface area (Å²) in [7, 11) is 0. The first-order valence-corrected chi connectivity index (χ1v) is 7.83. The van der Waals surface area contributed by atoms with Crippen molar-refractivity contribution < 1.29 is 4.79 Å². The molecule has 0 spiro atoms. The summed E-state index contributed by atoms with van der Waals surface area (Å²) < 4.78 is 0. The number of hydrogen-bond donors (Lipinski definition) is 1. The molecule has 118 valence electrons. The molecular formula is C15H30ClN3O. The average molecular weight is 304 g/mol. The number of rotatable bonds is 3. The highest BCUT2D eigenvalue weighted by molar-refractivity contribution is 5.85. The molecule has 5 heteroatoms. The maximum absolute atomic E-state index is 12.0. The molecule has 0 bridgehead atoms. The maximum Gasteiger partial charge on any atom is 0.239 e. The van der Waals surface area contributed by atoms with Gasteiger partial charge in [0.1, 0.15) is 0 Å². The predicted octanol–water partition coefficient (Wildman–Crippen LogP) is 1.73. The molecule has 0 aromatic rings. The third-order valence-electron chi connectivity index (χ3n) is 4.61. The van der Waals surface area contributed by atoms with Crippen molar-refractivity contribution in [1.82, 2.24) is 9.80 Å². The van der Waals surface area contributed by atoms with E-state index in [1.807, 2.05) is 4.90 Å². The number of halogens is 1. The molecular weight excluding hydrogens is 274 g/mol. The van der Waals surface area contributed by atoms with Crippen LogP contribution in [0.5, 0.6) is 0 Å². The fourth-order valence-electron chi connectivity index (χ4n) is 3.31. The van der Waals surface area contributed by atoms with E-state index in [2.05, 4.69) is 11.8 Å². The lowest BCUT2D eigenvalue weighted by Crippen LogP contribution is -2.49. The molecule has 0 radical (unpaired) electrons. The van der Waals surface area contributed by atoms with Crippen LogP contribution in [0, 0.1) is 11.8 Å². The van der Waals surface area contributed by atoms with Crippen LogP contribution >= 0.6 is 12.4 Å². The predicted molar refractivity (Wildman–Crippen MR) is 85.0 cm³/mol. The first-order chi connectivity index (χ1) is 9.06.